The third-order valence-corrected chi connectivity index (χ3v) is 4.02. The quantitative estimate of drug-likeness (QED) is 0.603. The number of imidazole rings is 1. The highest BCUT2D eigenvalue weighted by Crippen LogP contribution is 2.26. The third-order valence-electron chi connectivity index (χ3n) is 4.02. The minimum absolute atomic E-state index is 0.289. The molecule has 2 heterocycles. The summed E-state index contributed by atoms with van der Waals surface area (Å²) in [4.78, 5) is 8.71. The summed E-state index contributed by atoms with van der Waals surface area (Å²) in [7, 11) is 1.78. The zero-order valence-corrected chi connectivity index (χ0v) is 13.4. The average Bonchev–Trinajstić information content (AvgIpc) is 3.05. The fourth-order valence-electron chi connectivity index (χ4n) is 2.68. The lowest BCUT2D eigenvalue weighted by Gasteiger charge is -2.03. The largest absolute Gasteiger partial charge is 0.388 e. The van der Waals surface area contributed by atoms with Crippen LogP contribution in [-0.2, 0) is 0 Å². The monoisotopic (exact) mass is 336 g/mol. The Morgan fingerprint density at radius 1 is 0.960 bits per heavy atom. The zero-order valence-electron chi connectivity index (χ0n) is 13.4. The van der Waals surface area contributed by atoms with Gasteiger partial charge in [0.05, 0.1) is 5.69 Å². The maximum Gasteiger partial charge on any atom is 0.234 e. The Bertz CT molecular complexity index is 1050. The minimum atomic E-state index is -0.346. The Labute approximate surface area is 142 Å². The summed E-state index contributed by atoms with van der Waals surface area (Å²) in [6, 6.07) is 11.0. The van der Waals surface area contributed by atoms with Crippen LogP contribution in [0.1, 0.15) is 0 Å². The summed E-state index contributed by atoms with van der Waals surface area (Å²) in [6.07, 6.45) is 5.23. The van der Waals surface area contributed by atoms with Crippen molar-refractivity contribution in [1.82, 2.24) is 14.4 Å². The molecule has 4 rings (SSSR count). The molecule has 1 N–H and O–H groups in total. The van der Waals surface area contributed by atoms with Crippen molar-refractivity contribution in [2.75, 3.05) is 12.4 Å². The molecular weight excluding hydrogens is 322 g/mol. The Hall–Kier alpha value is -3.28. The molecule has 4 aromatic rings. The number of fused-ring (bicyclic) bond motifs is 1. The maximum atomic E-state index is 14.2. The lowest BCUT2D eigenvalue weighted by Crippen LogP contribution is -1.91. The van der Waals surface area contributed by atoms with Gasteiger partial charge in [0.15, 0.2) is 0 Å². The number of hydrogen-bond donors (Lipinski definition) is 1. The van der Waals surface area contributed by atoms with E-state index in [9.17, 15) is 8.78 Å². The summed E-state index contributed by atoms with van der Waals surface area (Å²) in [5.41, 5.74) is 3.36. The number of anilines is 1. The van der Waals surface area contributed by atoms with Gasteiger partial charge >= 0.3 is 0 Å². The molecule has 0 bridgehead atoms. The Morgan fingerprint density at radius 3 is 2.52 bits per heavy atom. The second-order valence-corrected chi connectivity index (χ2v) is 5.63. The predicted octanol–water partition coefficient (Wildman–Crippen LogP) is 4.38. The van der Waals surface area contributed by atoms with Crippen LogP contribution in [-0.4, -0.2) is 21.4 Å². The number of nitrogens with one attached hydrogen (secondary N) is 1. The van der Waals surface area contributed by atoms with Gasteiger partial charge in [-0.3, -0.25) is 4.40 Å². The first kappa shape index (κ1) is 15.3. The number of hydrogen-bond acceptors (Lipinski definition) is 3. The van der Waals surface area contributed by atoms with E-state index in [2.05, 4.69) is 15.3 Å². The highest BCUT2D eigenvalue weighted by Gasteiger charge is 2.11. The molecule has 0 atom stereocenters. The molecule has 0 fully saturated rings. The van der Waals surface area contributed by atoms with Crippen LogP contribution in [0.5, 0.6) is 0 Å². The predicted molar refractivity (Wildman–Crippen MR) is 93.3 cm³/mol. The fourth-order valence-corrected chi connectivity index (χ4v) is 2.68. The second kappa shape index (κ2) is 5.98. The summed E-state index contributed by atoms with van der Waals surface area (Å²) < 4.78 is 29.0. The number of nitrogens with zero attached hydrogens (tertiary/aromatic N) is 3. The van der Waals surface area contributed by atoms with Crippen molar-refractivity contribution in [3.05, 3.63) is 72.7 Å². The van der Waals surface area contributed by atoms with Crippen LogP contribution in [0.15, 0.2) is 61.1 Å². The summed E-state index contributed by atoms with van der Waals surface area (Å²) in [5.74, 6) is -0.168. The maximum absolute atomic E-state index is 14.2. The first-order valence-electron chi connectivity index (χ1n) is 7.72. The van der Waals surface area contributed by atoms with E-state index in [4.69, 9.17) is 0 Å². The van der Waals surface area contributed by atoms with E-state index in [0.717, 1.165) is 16.8 Å². The zero-order chi connectivity index (χ0) is 17.4. The van der Waals surface area contributed by atoms with Crippen molar-refractivity contribution < 1.29 is 8.78 Å². The summed E-state index contributed by atoms with van der Waals surface area (Å²) >= 11 is 0. The molecule has 0 spiro atoms. The molecule has 6 heteroatoms. The van der Waals surface area contributed by atoms with E-state index in [-0.39, 0.29) is 11.6 Å². The van der Waals surface area contributed by atoms with Crippen LogP contribution in [0.25, 0.3) is 28.2 Å². The van der Waals surface area contributed by atoms with E-state index in [1.54, 1.807) is 48.1 Å². The lowest BCUT2D eigenvalue weighted by molar-refractivity contribution is 0.628. The van der Waals surface area contributed by atoms with Gasteiger partial charge in [0.2, 0.25) is 5.78 Å². The van der Waals surface area contributed by atoms with E-state index < -0.39 is 0 Å². The molecule has 0 saturated heterocycles. The van der Waals surface area contributed by atoms with Crippen molar-refractivity contribution in [3.63, 3.8) is 0 Å². The molecule has 0 radical (unpaired) electrons. The minimum Gasteiger partial charge on any atom is -0.388 e. The van der Waals surface area contributed by atoms with Crippen molar-refractivity contribution >= 4 is 11.5 Å². The molecule has 4 nitrogen and oxygen atoms in total. The third kappa shape index (κ3) is 2.82. The van der Waals surface area contributed by atoms with Crippen molar-refractivity contribution in [2.24, 2.45) is 0 Å². The van der Waals surface area contributed by atoms with Crippen molar-refractivity contribution in [2.45, 2.75) is 0 Å². The molecular formula is C19H14F2N4. The van der Waals surface area contributed by atoms with Crippen LogP contribution in [0.3, 0.4) is 0 Å². The van der Waals surface area contributed by atoms with Crippen molar-refractivity contribution in [3.8, 4) is 22.4 Å². The van der Waals surface area contributed by atoms with Crippen LogP contribution in [0.2, 0.25) is 0 Å². The van der Waals surface area contributed by atoms with E-state index in [1.807, 2.05) is 6.20 Å². The number of aromatic nitrogens is 3. The average molecular weight is 336 g/mol. The van der Waals surface area contributed by atoms with Gasteiger partial charge in [0.1, 0.15) is 11.6 Å². The van der Waals surface area contributed by atoms with Crippen LogP contribution < -0.4 is 5.32 Å². The van der Waals surface area contributed by atoms with E-state index in [1.165, 1.54) is 18.2 Å². The molecule has 0 amide bonds. The van der Waals surface area contributed by atoms with Gasteiger partial charge in [-0.25, -0.2) is 18.7 Å². The molecule has 2 aromatic heterocycles. The fraction of sp³-hybridized carbons (Fsp3) is 0.0526. The Kier molecular flexibility index (Phi) is 3.65. The van der Waals surface area contributed by atoms with Crippen LogP contribution in [0.4, 0.5) is 14.5 Å². The molecule has 0 aliphatic carbocycles. The smallest absolute Gasteiger partial charge is 0.234 e. The molecule has 25 heavy (non-hydrogen) atoms. The van der Waals surface area contributed by atoms with Gasteiger partial charge in [-0.1, -0.05) is 12.1 Å². The van der Waals surface area contributed by atoms with Crippen molar-refractivity contribution in [1.29, 1.82) is 0 Å². The molecule has 124 valence electrons. The second-order valence-electron chi connectivity index (χ2n) is 5.63. The highest BCUT2D eigenvalue weighted by molar-refractivity contribution is 5.68. The van der Waals surface area contributed by atoms with E-state index in [0.29, 0.717) is 17.0 Å². The summed E-state index contributed by atoms with van der Waals surface area (Å²) in [5, 5.41) is 2.99. The van der Waals surface area contributed by atoms with Gasteiger partial charge in [-0.05, 0) is 35.9 Å². The molecule has 0 unspecified atom stereocenters. The van der Waals surface area contributed by atoms with E-state index >= 15 is 0 Å². The number of rotatable bonds is 3. The molecule has 0 saturated carbocycles. The van der Waals surface area contributed by atoms with Gasteiger partial charge < -0.3 is 5.32 Å². The Balaban J connectivity index is 1.79. The van der Waals surface area contributed by atoms with Crippen LogP contribution >= 0.6 is 0 Å². The molecule has 2 aromatic carbocycles. The topological polar surface area (TPSA) is 42.2 Å². The van der Waals surface area contributed by atoms with Gasteiger partial charge in [0, 0.05) is 42.5 Å². The number of halogens is 2. The first-order chi connectivity index (χ1) is 12.1. The Morgan fingerprint density at radius 2 is 1.76 bits per heavy atom. The number of benzene rings is 2. The highest BCUT2D eigenvalue weighted by atomic mass is 19.1. The normalized spacial score (nSPS) is 11.0. The van der Waals surface area contributed by atoms with Gasteiger partial charge in [-0.15, -0.1) is 0 Å². The lowest BCUT2D eigenvalue weighted by atomic mass is 10.1. The SMILES string of the molecule is CNc1ccc(F)c(-c2cn3cc(-c4ccc(F)cc4)cnc3n2)c1. The molecule has 0 aliphatic rings. The van der Waals surface area contributed by atoms with Gasteiger partial charge in [0.25, 0.3) is 0 Å². The van der Waals surface area contributed by atoms with Crippen LogP contribution in [0, 0.1) is 11.6 Å². The standard InChI is InChI=1S/C19H14F2N4/c1-22-15-6-7-17(21)16(8-15)18-11-25-10-13(9-23-19(25)24-18)12-2-4-14(20)5-3-12/h2-11,22H,1H3. The molecule has 0 aliphatic heterocycles. The summed E-state index contributed by atoms with van der Waals surface area (Å²) in [6.45, 7) is 0. The first-order valence-corrected chi connectivity index (χ1v) is 7.72. The van der Waals surface area contributed by atoms with Gasteiger partial charge in [-0.2, -0.15) is 0 Å².